The van der Waals surface area contributed by atoms with Crippen LogP contribution in [-0.4, -0.2) is 34.4 Å². The molecular formula is C21H29BrO4. The number of alkyl halides is 1. The topological polar surface area (TPSA) is 63.6 Å². The van der Waals surface area contributed by atoms with Crippen LogP contribution in [-0.2, 0) is 14.3 Å². The molecule has 0 heterocycles. The summed E-state index contributed by atoms with van der Waals surface area (Å²) in [5.41, 5.74) is 1.27. The van der Waals surface area contributed by atoms with Crippen LogP contribution in [0, 0.1) is 28.6 Å². The summed E-state index contributed by atoms with van der Waals surface area (Å²) in [7, 11) is 0. The van der Waals surface area contributed by atoms with E-state index in [2.05, 4.69) is 29.8 Å². The first-order valence-electron chi connectivity index (χ1n) is 9.97. The molecule has 0 bridgehead atoms. The molecule has 144 valence electrons. The van der Waals surface area contributed by atoms with Gasteiger partial charge < -0.3 is 9.84 Å². The number of esters is 1. The number of aliphatic hydroxyl groups excluding tert-OH is 1. The predicted molar refractivity (Wildman–Crippen MR) is 102 cm³/mol. The highest BCUT2D eigenvalue weighted by atomic mass is 79.9. The Balaban J connectivity index is 1.67. The van der Waals surface area contributed by atoms with Crippen molar-refractivity contribution in [2.75, 3.05) is 5.33 Å². The zero-order chi connectivity index (χ0) is 18.7. The van der Waals surface area contributed by atoms with Gasteiger partial charge in [0, 0.05) is 24.2 Å². The number of halogens is 1. The van der Waals surface area contributed by atoms with Gasteiger partial charge in [0.1, 0.15) is 11.4 Å². The molecular weight excluding hydrogens is 396 g/mol. The first kappa shape index (κ1) is 18.7. The lowest BCUT2D eigenvalue weighted by Crippen LogP contribution is -2.53. The minimum Gasteiger partial charge on any atom is -0.461 e. The van der Waals surface area contributed by atoms with Gasteiger partial charge in [0.25, 0.3) is 0 Å². The summed E-state index contributed by atoms with van der Waals surface area (Å²) in [6, 6.07) is 0. The second kappa shape index (κ2) is 6.44. The highest BCUT2D eigenvalue weighted by molar-refractivity contribution is 9.09. The van der Waals surface area contributed by atoms with Gasteiger partial charge in [-0.2, -0.15) is 0 Å². The summed E-state index contributed by atoms with van der Waals surface area (Å²) in [6.07, 6.45) is 7.54. The van der Waals surface area contributed by atoms with E-state index in [1.807, 2.05) is 6.08 Å². The van der Waals surface area contributed by atoms with Crippen molar-refractivity contribution >= 4 is 27.7 Å². The summed E-state index contributed by atoms with van der Waals surface area (Å²) in [5, 5.41) is 11.0. The number of hydrogen-bond acceptors (Lipinski definition) is 4. The Kier molecular flexibility index (Phi) is 4.62. The monoisotopic (exact) mass is 424 g/mol. The molecule has 3 saturated carbocycles. The van der Waals surface area contributed by atoms with E-state index in [0.29, 0.717) is 24.7 Å². The van der Waals surface area contributed by atoms with Gasteiger partial charge in [-0.1, -0.05) is 35.4 Å². The predicted octanol–water partition coefficient (Wildman–Crippen LogP) is 3.80. The Morgan fingerprint density at radius 1 is 1.31 bits per heavy atom. The minimum absolute atomic E-state index is 0.0929. The Bertz CT molecular complexity index is 658. The maximum atomic E-state index is 11.9. The van der Waals surface area contributed by atoms with E-state index in [0.717, 1.165) is 32.1 Å². The SMILES string of the molecule is C[C@]12CC[C@H]3[C@@H](CCC4=CC(=O)CC[C@@]43C)[C@@H]1C(OC(=O)CBr)C[C@@H]2O. The maximum absolute atomic E-state index is 11.9. The molecule has 0 saturated heterocycles. The number of carbonyl (C=O) groups excluding carboxylic acids is 2. The fourth-order valence-corrected chi connectivity index (χ4v) is 7.02. The van der Waals surface area contributed by atoms with E-state index < -0.39 is 6.10 Å². The molecule has 5 heteroatoms. The standard InChI is InChI=1S/C21H29BrO4/c1-20-7-5-13(23)9-12(20)3-4-14-15(20)6-8-21(2)17(24)10-16(19(14)21)26-18(25)11-22/h9,14-17,19,24H,3-8,10-11H2,1-2H3/t14-,15+,16?,17+,19-,20+,21-/m1/s1. The van der Waals surface area contributed by atoms with E-state index in [1.165, 1.54) is 5.57 Å². The van der Waals surface area contributed by atoms with Crippen LogP contribution in [0.3, 0.4) is 0 Å². The van der Waals surface area contributed by atoms with E-state index in [-0.39, 0.29) is 39.9 Å². The van der Waals surface area contributed by atoms with Crippen molar-refractivity contribution in [2.45, 2.75) is 71.0 Å². The zero-order valence-electron chi connectivity index (χ0n) is 15.7. The van der Waals surface area contributed by atoms with Gasteiger partial charge in [0.05, 0.1) is 6.10 Å². The summed E-state index contributed by atoms with van der Waals surface area (Å²) in [5.74, 6) is 1.23. The summed E-state index contributed by atoms with van der Waals surface area (Å²) in [4.78, 5) is 23.9. The van der Waals surface area contributed by atoms with Crippen LogP contribution >= 0.6 is 15.9 Å². The normalized spacial score (nSPS) is 47.5. The van der Waals surface area contributed by atoms with Crippen LogP contribution in [0.5, 0.6) is 0 Å². The van der Waals surface area contributed by atoms with Crippen molar-refractivity contribution in [2.24, 2.45) is 28.6 Å². The molecule has 0 aromatic carbocycles. The molecule has 26 heavy (non-hydrogen) atoms. The van der Waals surface area contributed by atoms with Crippen molar-refractivity contribution in [1.82, 2.24) is 0 Å². The van der Waals surface area contributed by atoms with Crippen molar-refractivity contribution < 1.29 is 19.4 Å². The Morgan fingerprint density at radius 2 is 2.08 bits per heavy atom. The van der Waals surface area contributed by atoms with Gasteiger partial charge in [0.15, 0.2) is 5.78 Å². The van der Waals surface area contributed by atoms with Crippen molar-refractivity contribution in [3.05, 3.63) is 11.6 Å². The first-order chi connectivity index (χ1) is 12.3. The molecule has 0 aromatic heterocycles. The molecule has 0 radical (unpaired) electrons. The number of fused-ring (bicyclic) bond motifs is 5. The third-order valence-electron chi connectivity index (χ3n) is 8.27. The number of ether oxygens (including phenoxy) is 1. The number of allylic oxidation sites excluding steroid dienone is 1. The highest BCUT2D eigenvalue weighted by Gasteiger charge is 2.62. The van der Waals surface area contributed by atoms with Gasteiger partial charge >= 0.3 is 5.97 Å². The molecule has 4 aliphatic rings. The minimum atomic E-state index is -0.403. The van der Waals surface area contributed by atoms with E-state index in [1.54, 1.807) is 0 Å². The largest absolute Gasteiger partial charge is 0.461 e. The lowest BCUT2D eigenvalue weighted by atomic mass is 9.47. The molecule has 7 atom stereocenters. The summed E-state index contributed by atoms with van der Waals surface area (Å²) < 4.78 is 5.79. The lowest BCUT2D eigenvalue weighted by molar-refractivity contribution is -0.155. The molecule has 4 aliphatic carbocycles. The molecule has 0 aliphatic heterocycles. The quantitative estimate of drug-likeness (QED) is 0.540. The van der Waals surface area contributed by atoms with Gasteiger partial charge in [-0.15, -0.1) is 0 Å². The van der Waals surface area contributed by atoms with Crippen molar-refractivity contribution in [3.8, 4) is 0 Å². The van der Waals surface area contributed by atoms with Crippen molar-refractivity contribution in [3.63, 3.8) is 0 Å². The number of carbonyl (C=O) groups is 2. The number of aliphatic hydroxyl groups is 1. The van der Waals surface area contributed by atoms with Gasteiger partial charge in [-0.3, -0.25) is 9.59 Å². The highest BCUT2D eigenvalue weighted by Crippen LogP contribution is 2.65. The fourth-order valence-electron chi connectivity index (χ4n) is 6.88. The summed E-state index contributed by atoms with van der Waals surface area (Å²) >= 11 is 3.19. The third-order valence-corrected chi connectivity index (χ3v) is 8.73. The molecule has 4 nitrogen and oxygen atoms in total. The molecule has 4 rings (SSSR count). The molecule has 1 unspecified atom stereocenters. The Morgan fingerprint density at radius 3 is 2.81 bits per heavy atom. The van der Waals surface area contributed by atoms with Crippen LogP contribution in [0.2, 0.25) is 0 Å². The molecule has 0 aromatic rings. The molecule has 1 N–H and O–H groups in total. The fraction of sp³-hybridized carbons (Fsp3) is 0.810. The first-order valence-corrected chi connectivity index (χ1v) is 11.1. The zero-order valence-corrected chi connectivity index (χ0v) is 17.3. The Labute approximate surface area is 163 Å². The van der Waals surface area contributed by atoms with Crippen molar-refractivity contribution in [1.29, 1.82) is 0 Å². The second-order valence-corrected chi connectivity index (χ2v) is 9.91. The lowest BCUT2D eigenvalue weighted by Gasteiger charge is -2.58. The number of rotatable bonds is 2. The van der Waals surface area contributed by atoms with Crippen LogP contribution in [0.25, 0.3) is 0 Å². The van der Waals surface area contributed by atoms with Crippen LogP contribution < -0.4 is 0 Å². The van der Waals surface area contributed by atoms with Gasteiger partial charge in [-0.05, 0) is 55.4 Å². The molecule has 0 amide bonds. The van der Waals surface area contributed by atoms with Crippen LogP contribution in [0.4, 0.5) is 0 Å². The molecule has 0 spiro atoms. The van der Waals surface area contributed by atoms with Gasteiger partial charge in [0.2, 0.25) is 0 Å². The van der Waals surface area contributed by atoms with Gasteiger partial charge in [-0.25, -0.2) is 0 Å². The Hall–Kier alpha value is -0.680. The van der Waals surface area contributed by atoms with Crippen LogP contribution in [0.15, 0.2) is 11.6 Å². The second-order valence-electron chi connectivity index (χ2n) is 9.35. The summed E-state index contributed by atoms with van der Waals surface area (Å²) in [6.45, 7) is 4.54. The van der Waals surface area contributed by atoms with E-state index in [9.17, 15) is 14.7 Å². The smallest absolute Gasteiger partial charge is 0.316 e. The average Bonchev–Trinajstić information content (AvgIpc) is 2.86. The van der Waals surface area contributed by atoms with E-state index in [4.69, 9.17) is 4.74 Å². The average molecular weight is 425 g/mol. The van der Waals surface area contributed by atoms with Crippen LogP contribution in [0.1, 0.15) is 58.8 Å². The molecule has 3 fully saturated rings. The number of hydrogen-bond donors (Lipinski definition) is 1. The maximum Gasteiger partial charge on any atom is 0.316 e. The third kappa shape index (κ3) is 2.64. The van der Waals surface area contributed by atoms with E-state index >= 15 is 0 Å². The number of ketones is 1.